The van der Waals surface area contributed by atoms with Gasteiger partial charge in [-0.3, -0.25) is 0 Å². The molecule has 0 atom stereocenters. The van der Waals surface area contributed by atoms with Crippen LogP contribution in [0.2, 0.25) is 0 Å². The van der Waals surface area contributed by atoms with Crippen molar-refractivity contribution in [3.05, 3.63) is 29.8 Å². The van der Waals surface area contributed by atoms with Crippen LogP contribution in [-0.4, -0.2) is 5.16 Å². The van der Waals surface area contributed by atoms with Crippen LogP contribution in [0.4, 0.5) is 5.69 Å². The first-order valence-corrected chi connectivity index (χ1v) is 5.44. The summed E-state index contributed by atoms with van der Waals surface area (Å²) in [5.74, 6) is 0. The Morgan fingerprint density at radius 3 is 2.58 bits per heavy atom. The zero-order valence-electron chi connectivity index (χ0n) is 6.00. The molecule has 0 N–H and O–H groups in total. The van der Waals surface area contributed by atoms with E-state index < -0.39 is 0 Å². The molecule has 0 aliphatic heterocycles. The first-order chi connectivity index (χ1) is 5.75. The molecule has 1 aromatic carbocycles. The largest absolute Gasteiger partial charge is 0.194 e. The lowest BCUT2D eigenvalue weighted by molar-refractivity contribution is 1.38. The van der Waals surface area contributed by atoms with Crippen LogP contribution in [0.5, 0.6) is 0 Å². The van der Waals surface area contributed by atoms with Crippen LogP contribution < -0.4 is 0 Å². The summed E-state index contributed by atoms with van der Waals surface area (Å²) < 4.78 is 0.105. The number of thiocarbonyl (C=S) groups is 1. The summed E-state index contributed by atoms with van der Waals surface area (Å²) in [6.07, 6.45) is 0. The summed E-state index contributed by atoms with van der Waals surface area (Å²) in [7, 11) is 0. The number of benzene rings is 1. The van der Waals surface area contributed by atoms with E-state index in [9.17, 15) is 0 Å². The second-order valence-electron chi connectivity index (χ2n) is 2.06. The van der Waals surface area contributed by atoms with Crippen LogP contribution in [0.15, 0.2) is 29.3 Å². The minimum absolute atomic E-state index is 0.105. The Morgan fingerprint density at radius 1 is 1.33 bits per heavy atom. The highest BCUT2D eigenvalue weighted by Gasteiger charge is 2.06. The molecule has 0 fully saturated rings. The summed E-state index contributed by atoms with van der Waals surface area (Å²) >= 11 is 11.3. The first kappa shape index (κ1) is 10.1. The number of rotatable bonds is 2. The maximum absolute atomic E-state index is 4.53. The highest BCUT2D eigenvalue weighted by Crippen LogP contribution is 2.35. The van der Waals surface area contributed by atoms with Gasteiger partial charge in [0.25, 0.3) is 0 Å². The molecule has 0 amide bonds. The summed E-state index contributed by atoms with van der Waals surface area (Å²) in [6, 6.07) is 7.73. The van der Waals surface area contributed by atoms with Gasteiger partial charge in [-0.1, -0.05) is 50.1 Å². The average Bonchev–Trinajstić information content (AvgIpc) is 2.05. The molecule has 0 radical (unpaired) electrons. The molecule has 1 rings (SSSR count). The Balaban J connectivity index is 3.17. The number of alkyl halides is 2. The third-order valence-corrected chi connectivity index (χ3v) is 2.42. The minimum Gasteiger partial charge on any atom is -0.194 e. The van der Waals surface area contributed by atoms with Gasteiger partial charge in [-0.15, -0.1) is 0 Å². The molecule has 0 spiro atoms. The van der Waals surface area contributed by atoms with E-state index in [1.54, 1.807) is 0 Å². The second-order valence-corrected chi connectivity index (χ2v) is 5.31. The monoisotopic (exact) mass is 305 g/mol. The van der Waals surface area contributed by atoms with E-state index in [0.717, 1.165) is 11.3 Å². The third kappa shape index (κ3) is 2.49. The molecule has 0 heterocycles. The van der Waals surface area contributed by atoms with E-state index in [4.69, 9.17) is 0 Å². The summed E-state index contributed by atoms with van der Waals surface area (Å²) in [4.78, 5) is 3.93. The fraction of sp³-hybridized carbons (Fsp3) is 0.125. The standard InChI is InChI=1S/C8H5Br2NS/c9-8(10)6-3-1-2-4-7(6)11-5-12/h1-4,8H. The summed E-state index contributed by atoms with van der Waals surface area (Å²) in [5.41, 5.74) is 1.89. The fourth-order valence-electron chi connectivity index (χ4n) is 0.823. The predicted molar refractivity (Wildman–Crippen MR) is 61.7 cm³/mol. The van der Waals surface area contributed by atoms with E-state index >= 15 is 0 Å². The van der Waals surface area contributed by atoms with Gasteiger partial charge in [0, 0.05) is 5.56 Å². The van der Waals surface area contributed by atoms with Gasteiger partial charge in [0.05, 0.1) is 14.6 Å². The molecule has 0 saturated carbocycles. The molecular weight excluding hydrogens is 302 g/mol. The van der Waals surface area contributed by atoms with Crippen LogP contribution >= 0.6 is 44.1 Å². The molecule has 1 aromatic rings. The topological polar surface area (TPSA) is 12.4 Å². The molecule has 0 saturated heterocycles. The van der Waals surface area contributed by atoms with Crippen LogP contribution in [0, 0.1) is 0 Å². The molecular formula is C8H5Br2NS. The SMILES string of the molecule is S=C=Nc1ccccc1C(Br)Br. The van der Waals surface area contributed by atoms with Crippen molar-refractivity contribution in [1.29, 1.82) is 0 Å². The molecule has 62 valence electrons. The zero-order valence-corrected chi connectivity index (χ0v) is 9.99. The van der Waals surface area contributed by atoms with Crippen molar-refractivity contribution >= 4 is 54.9 Å². The van der Waals surface area contributed by atoms with Gasteiger partial charge in [0.1, 0.15) is 0 Å². The van der Waals surface area contributed by atoms with E-state index in [1.807, 2.05) is 24.3 Å². The number of isothiocyanates is 1. The third-order valence-electron chi connectivity index (χ3n) is 1.34. The van der Waals surface area contributed by atoms with Crippen molar-refractivity contribution < 1.29 is 0 Å². The van der Waals surface area contributed by atoms with E-state index in [0.29, 0.717) is 0 Å². The highest BCUT2D eigenvalue weighted by molar-refractivity contribution is 9.24. The number of halogens is 2. The van der Waals surface area contributed by atoms with Crippen molar-refractivity contribution in [1.82, 2.24) is 0 Å². The number of para-hydroxylation sites is 1. The first-order valence-electron chi connectivity index (χ1n) is 3.20. The van der Waals surface area contributed by atoms with Gasteiger partial charge in [-0.25, -0.2) is 0 Å². The maximum atomic E-state index is 4.53. The number of hydrogen-bond donors (Lipinski definition) is 0. The average molecular weight is 307 g/mol. The van der Waals surface area contributed by atoms with Crippen molar-refractivity contribution in [2.45, 2.75) is 3.74 Å². The zero-order chi connectivity index (χ0) is 8.97. The number of nitrogens with zero attached hydrogens (tertiary/aromatic N) is 1. The molecule has 0 bridgehead atoms. The Hall–Kier alpha value is -0.0200. The second kappa shape index (κ2) is 4.87. The van der Waals surface area contributed by atoms with E-state index in [1.165, 1.54) is 0 Å². The van der Waals surface area contributed by atoms with Gasteiger partial charge < -0.3 is 0 Å². The van der Waals surface area contributed by atoms with Gasteiger partial charge in [-0.2, -0.15) is 4.99 Å². The molecule has 0 aliphatic rings. The molecule has 0 unspecified atom stereocenters. The fourth-order valence-corrected chi connectivity index (χ4v) is 1.70. The molecule has 1 nitrogen and oxygen atoms in total. The van der Waals surface area contributed by atoms with Gasteiger partial charge in [0.15, 0.2) is 0 Å². The lowest BCUT2D eigenvalue weighted by atomic mass is 10.2. The Bertz CT molecular complexity index is 319. The summed E-state index contributed by atoms with van der Waals surface area (Å²) in [5, 5.41) is 2.35. The highest BCUT2D eigenvalue weighted by atomic mass is 79.9. The van der Waals surface area contributed by atoms with Crippen LogP contribution in [-0.2, 0) is 0 Å². The Kier molecular flexibility index (Phi) is 4.09. The molecule has 0 aliphatic carbocycles. The Labute approximate surface area is 93.2 Å². The molecule has 12 heavy (non-hydrogen) atoms. The minimum atomic E-state index is 0.105. The molecule has 4 heteroatoms. The normalized spacial score (nSPS) is 9.58. The van der Waals surface area contributed by atoms with Crippen LogP contribution in [0.1, 0.15) is 9.30 Å². The summed E-state index contributed by atoms with van der Waals surface area (Å²) in [6.45, 7) is 0. The van der Waals surface area contributed by atoms with Crippen LogP contribution in [0.3, 0.4) is 0 Å². The van der Waals surface area contributed by atoms with Crippen molar-refractivity contribution in [3.8, 4) is 0 Å². The van der Waals surface area contributed by atoms with Gasteiger partial charge in [-0.05, 0) is 18.3 Å². The van der Waals surface area contributed by atoms with Crippen molar-refractivity contribution in [2.24, 2.45) is 4.99 Å². The molecule has 0 aromatic heterocycles. The Morgan fingerprint density at radius 2 is 2.00 bits per heavy atom. The van der Waals surface area contributed by atoms with E-state index in [-0.39, 0.29) is 3.74 Å². The van der Waals surface area contributed by atoms with E-state index in [2.05, 4.69) is 54.2 Å². The van der Waals surface area contributed by atoms with Gasteiger partial charge in [0.2, 0.25) is 0 Å². The quantitative estimate of drug-likeness (QED) is 0.453. The maximum Gasteiger partial charge on any atom is 0.0967 e. The number of hydrogen-bond acceptors (Lipinski definition) is 2. The lowest BCUT2D eigenvalue weighted by Gasteiger charge is -2.03. The number of aliphatic imine (C=N–C) groups is 1. The van der Waals surface area contributed by atoms with Crippen molar-refractivity contribution in [2.75, 3.05) is 0 Å². The predicted octanol–water partition coefficient (Wildman–Crippen LogP) is 4.21. The van der Waals surface area contributed by atoms with Crippen molar-refractivity contribution in [3.63, 3.8) is 0 Å². The lowest BCUT2D eigenvalue weighted by Crippen LogP contribution is -1.79. The smallest absolute Gasteiger partial charge is 0.0967 e. The van der Waals surface area contributed by atoms with Gasteiger partial charge >= 0.3 is 0 Å². The van der Waals surface area contributed by atoms with Crippen LogP contribution in [0.25, 0.3) is 0 Å².